The molecule has 1 aromatic carbocycles. The Morgan fingerprint density at radius 3 is 2.25 bits per heavy atom. The zero-order valence-corrected chi connectivity index (χ0v) is 19.0. The number of hydrogen-bond acceptors (Lipinski definition) is 7. The van der Waals surface area contributed by atoms with Gasteiger partial charge in [-0.1, -0.05) is 23.7 Å². The molecule has 2 aromatic heterocycles. The molecule has 0 spiro atoms. The Bertz CT molecular complexity index is 1260. The van der Waals surface area contributed by atoms with Crippen LogP contribution in [0.15, 0.2) is 57.4 Å². The van der Waals surface area contributed by atoms with E-state index >= 15 is 0 Å². The molecule has 3 heterocycles. The molecule has 0 amide bonds. The second-order valence-corrected chi connectivity index (χ2v) is 7.76. The molecule has 8 heteroatoms. The zero-order valence-electron chi connectivity index (χ0n) is 18.2. The van der Waals surface area contributed by atoms with Crippen molar-refractivity contribution in [1.82, 2.24) is 10.3 Å². The van der Waals surface area contributed by atoms with E-state index in [0.717, 1.165) is 5.39 Å². The van der Waals surface area contributed by atoms with E-state index in [1.54, 1.807) is 33.9 Å². The number of hydrogen-bond donors (Lipinski definition) is 1. The number of carbonyl (C=O) groups excluding carboxylic acids is 2. The monoisotopic (exact) mass is 454 g/mol. The van der Waals surface area contributed by atoms with E-state index in [4.69, 9.17) is 25.5 Å². The summed E-state index contributed by atoms with van der Waals surface area (Å²) < 4.78 is 16.6. The maximum absolute atomic E-state index is 13.0. The number of pyridine rings is 1. The van der Waals surface area contributed by atoms with Gasteiger partial charge >= 0.3 is 11.9 Å². The van der Waals surface area contributed by atoms with Gasteiger partial charge in [0.2, 0.25) is 0 Å². The second-order valence-electron chi connectivity index (χ2n) is 7.38. The topological polar surface area (TPSA) is 90.7 Å². The third-order valence-corrected chi connectivity index (χ3v) is 5.81. The summed E-state index contributed by atoms with van der Waals surface area (Å²) in [5.74, 6) is -1.91. The van der Waals surface area contributed by atoms with E-state index in [1.165, 1.54) is 0 Å². The highest BCUT2D eigenvalue weighted by Crippen LogP contribution is 2.44. The van der Waals surface area contributed by atoms with Gasteiger partial charge in [-0.05, 0) is 39.8 Å². The van der Waals surface area contributed by atoms with Gasteiger partial charge in [-0.15, -0.1) is 0 Å². The van der Waals surface area contributed by atoms with E-state index in [1.807, 2.05) is 24.3 Å². The summed E-state index contributed by atoms with van der Waals surface area (Å²) in [5, 5.41) is 4.22. The van der Waals surface area contributed by atoms with Gasteiger partial charge in [-0.2, -0.15) is 0 Å². The van der Waals surface area contributed by atoms with E-state index in [-0.39, 0.29) is 29.4 Å². The lowest BCUT2D eigenvalue weighted by molar-refractivity contribution is -0.139. The maximum atomic E-state index is 13.0. The number of dihydropyridines is 1. The Morgan fingerprint density at radius 2 is 1.66 bits per heavy atom. The van der Waals surface area contributed by atoms with Crippen LogP contribution in [0.5, 0.6) is 0 Å². The minimum atomic E-state index is -0.827. The first-order valence-electron chi connectivity index (χ1n) is 10.4. The minimum Gasteiger partial charge on any atom is -0.463 e. The average Bonchev–Trinajstić information content (AvgIpc) is 3.13. The van der Waals surface area contributed by atoms with Gasteiger partial charge in [0.25, 0.3) is 0 Å². The van der Waals surface area contributed by atoms with Gasteiger partial charge in [-0.25, -0.2) is 9.59 Å². The Balaban J connectivity index is 1.98. The summed E-state index contributed by atoms with van der Waals surface area (Å²) in [6.45, 7) is 7.34. The fourth-order valence-corrected chi connectivity index (χ4v) is 4.38. The Kier molecular flexibility index (Phi) is 5.93. The van der Waals surface area contributed by atoms with Crippen molar-refractivity contribution in [3.05, 3.63) is 63.6 Å². The van der Waals surface area contributed by atoms with Crippen molar-refractivity contribution in [3.8, 4) is 0 Å². The number of carbonyl (C=O) groups is 2. The molecule has 0 saturated heterocycles. The zero-order chi connectivity index (χ0) is 23.0. The third kappa shape index (κ3) is 3.52. The van der Waals surface area contributed by atoms with Crippen molar-refractivity contribution in [1.29, 1.82) is 0 Å². The third-order valence-electron chi connectivity index (χ3n) is 5.42. The number of aromatic nitrogens is 1. The molecule has 0 radical (unpaired) electrons. The molecule has 0 aliphatic carbocycles. The number of rotatable bonds is 5. The maximum Gasteiger partial charge on any atom is 0.336 e. The van der Waals surface area contributed by atoms with Gasteiger partial charge in [-0.3, -0.25) is 4.98 Å². The molecule has 3 aromatic rings. The van der Waals surface area contributed by atoms with E-state index < -0.39 is 17.9 Å². The predicted octanol–water partition coefficient (Wildman–Crippen LogP) is 5.00. The number of ether oxygens (including phenoxy) is 2. The molecule has 0 bridgehead atoms. The number of benzene rings is 1. The SMILES string of the molecule is CCOC(=O)C1=C(C)NC(C)=C(C(=O)OCC)C1c1cnc2c(oc3ccccc32)c1Cl. The van der Waals surface area contributed by atoms with Crippen LogP contribution in [0.3, 0.4) is 0 Å². The summed E-state index contributed by atoms with van der Waals surface area (Å²) in [5.41, 5.74) is 3.81. The van der Waals surface area contributed by atoms with E-state index in [0.29, 0.717) is 33.6 Å². The highest BCUT2D eigenvalue weighted by molar-refractivity contribution is 6.36. The lowest BCUT2D eigenvalue weighted by Gasteiger charge is -2.30. The minimum absolute atomic E-state index is 0.189. The largest absolute Gasteiger partial charge is 0.463 e. The molecule has 166 valence electrons. The van der Waals surface area contributed by atoms with Crippen LogP contribution in [-0.2, 0) is 19.1 Å². The van der Waals surface area contributed by atoms with E-state index in [9.17, 15) is 9.59 Å². The van der Waals surface area contributed by atoms with Crippen molar-refractivity contribution >= 4 is 45.6 Å². The van der Waals surface area contributed by atoms with Gasteiger partial charge < -0.3 is 19.2 Å². The molecule has 1 aliphatic heterocycles. The summed E-state index contributed by atoms with van der Waals surface area (Å²) in [4.78, 5) is 30.5. The van der Waals surface area contributed by atoms with Crippen LogP contribution in [0, 0.1) is 0 Å². The molecule has 7 nitrogen and oxygen atoms in total. The first kappa shape index (κ1) is 21.9. The number of para-hydroxylation sites is 1. The van der Waals surface area contributed by atoms with Crippen molar-refractivity contribution in [2.24, 2.45) is 0 Å². The fourth-order valence-electron chi connectivity index (χ4n) is 4.10. The number of esters is 2. The number of furan rings is 1. The van der Waals surface area contributed by atoms with Crippen LogP contribution in [0.1, 0.15) is 39.2 Å². The van der Waals surface area contributed by atoms with Crippen LogP contribution in [0.4, 0.5) is 0 Å². The molecule has 1 N–H and O–H groups in total. The molecular formula is C24H23ClN2O5. The molecule has 0 atom stereocenters. The Labute approximate surface area is 190 Å². The Morgan fingerprint density at radius 1 is 1.06 bits per heavy atom. The van der Waals surface area contributed by atoms with Gasteiger partial charge in [0.1, 0.15) is 11.1 Å². The summed E-state index contributed by atoms with van der Waals surface area (Å²) >= 11 is 6.83. The van der Waals surface area contributed by atoms with Crippen molar-refractivity contribution in [2.45, 2.75) is 33.6 Å². The highest BCUT2D eigenvalue weighted by atomic mass is 35.5. The lowest BCUT2D eigenvalue weighted by atomic mass is 9.81. The molecule has 4 rings (SSSR count). The number of nitrogens with one attached hydrogen (secondary N) is 1. The smallest absolute Gasteiger partial charge is 0.336 e. The molecular weight excluding hydrogens is 432 g/mol. The second kappa shape index (κ2) is 8.67. The van der Waals surface area contributed by atoms with Crippen molar-refractivity contribution in [2.75, 3.05) is 13.2 Å². The number of halogens is 1. The van der Waals surface area contributed by atoms with Gasteiger partial charge in [0.15, 0.2) is 5.58 Å². The molecule has 0 saturated carbocycles. The quantitative estimate of drug-likeness (QED) is 0.542. The van der Waals surface area contributed by atoms with Gasteiger partial charge in [0, 0.05) is 28.5 Å². The van der Waals surface area contributed by atoms with Crippen molar-refractivity contribution in [3.63, 3.8) is 0 Å². The molecule has 0 fully saturated rings. The number of nitrogens with zero attached hydrogens (tertiary/aromatic N) is 1. The summed E-state index contributed by atoms with van der Waals surface area (Å²) in [6.07, 6.45) is 1.58. The van der Waals surface area contributed by atoms with Crippen LogP contribution in [0.2, 0.25) is 5.02 Å². The van der Waals surface area contributed by atoms with Crippen molar-refractivity contribution < 1.29 is 23.5 Å². The van der Waals surface area contributed by atoms with Crippen LogP contribution < -0.4 is 5.32 Å². The first-order valence-corrected chi connectivity index (χ1v) is 10.7. The summed E-state index contributed by atoms with van der Waals surface area (Å²) in [6, 6.07) is 7.49. The highest BCUT2D eigenvalue weighted by Gasteiger charge is 2.39. The number of allylic oxidation sites excluding steroid dienone is 2. The van der Waals surface area contributed by atoms with Crippen LogP contribution >= 0.6 is 11.6 Å². The first-order chi connectivity index (χ1) is 15.4. The predicted molar refractivity (Wildman–Crippen MR) is 121 cm³/mol. The summed E-state index contributed by atoms with van der Waals surface area (Å²) in [7, 11) is 0. The van der Waals surface area contributed by atoms with Gasteiger partial charge in [0.05, 0.1) is 35.3 Å². The standard InChI is InChI=1S/C24H23ClN2O5/c1-5-30-23(28)17-12(3)27-13(4)18(24(29)31-6-2)19(17)15-11-26-21-14-9-7-8-10-16(14)32-22(21)20(15)25/h7-11,19,27H,5-6H2,1-4H3. The molecule has 32 heavy (non-hydrogen) atoms. The van der Waals surface area contributed by atoms with Crippen LogP contribution in [0.25, 0.3) is 22.1 Å². The normalized spacial score (nSPS) is 14.8. The molecule has 1 aliphatic rings. The lowest BCUT2D eigenvalue weighted by Crippen LogP contribution is -2.32. The van der Waals surface area contributed by atoms with E-state index in [2.05, 4.69) is 10.3 Å². The number of fused-ring (bicyclic) bond motifs is 3. The van der Waals surface area contributed by atoms with Crippen LogP contribution in [-0.4, -0.2) is 30.1 Å². The average molecular weight is 455 g/mol. The Hall–Kier alpha value is -3.32. The molecule has 0 unspecified atom stereocenters. The fraction of sp³-hybridized carbons (Fsp3) is 0.292.